The zero-order valence-corrected chi connectivity index (χ0v) is 15.7. The topological polar surface area (TPSA) is 41.6 Å². The normalized spacial score (nSPS) is 15.6. The molecule has 138 valence electrons. The van der Waals surface area contributed by atoms with Gasteiger partial charge in [-0.2, -0.15) is 0 Å². The third kappa shape index (κ3) is 5.33. The van der Waals surface area contributed by atoms with Crippen molar-refractivity contribution in [1.82, 2.24) is 4.90 Å². The van der Waals surface area contributed by atoms with Gasteiger partial charge in [-0.3, -0.25) is 4.79 Å². The van der Waals surface area contributed by atoms with Gasteiger partial charge in [-0.25, -0.2) is 0 Å². The van der Waals surface area contributed by atoms with E-state index in [1.807, 2.05) is 36.4 Å². The highest BCUT2D eigenvalue weighted by molar-refractivity contribution is 5.92. The maximum absolute atomic E-state index is 12.2. The van der Waals surface area contributed by atoms with Gasteiger partial charge >= 0.3 is 0 Å². The number of hydrogen-bond acceptors (Lipinski definition) is 3. The predicted molar refractivity (Wildman–Crippen MR) is 106 cm³/mol. The highest BCUT2D eigenvalue weighted by Crippen LogP contribution is 2.21. The fraction of sp³-hybridized carbons (Fsp3) is 0.409. The van der Waals surface area contributed by atoms with E-state index in [0.717, 1.165) is 49.4 Å². The molecule has 4 nitrogen and oxygen atoms in total. The number of likely N-dealkylation sites (tertiary alicyclic amines) is 1. The van der Waals surface area contributed by atoms with E-state index >= 15 is 0 Å². The van der Waals surface area contributed by atoms with Crippen LogP contribution in [0.3, 0.4) is 0 Å². The van der Waals surface area contributed by atoms with Gasteiger partial charge < -0.3 is 15.0 Å². The van der Waals surface area contributed by atoms with E-state index in [2.05, 4.69) is 36.3 Å². The lowest BCUT2D eigenvalue weighted by molar-refractivity contribution is -0.115. The number of benzene rings is 2. The summed E-state index contributed by atoms with van der Waals surface area (Å²) in [6.07, 6.45) is 3.81. The molecule has 1 amide bonds. The van der Waals surface area contributed by atoms with Crippen LogP contribution in [0.4, 0.5) is 5.69 Å². The lowest BCUT2D eigenvalue weighted by Crippen LogP contribution is -2.35. The number of hydrogen-bond donors (Lipinski definition) is 1. The van der Waals surface area contributed by atoms with Gasteiger partial charge in [0.2, 0.25) is 5.91 Å². The standard InChI is InChI=1S/C22H28N2O2/c1-3-17-4-6-18(7-5-17)16-22(25)23-19-8-10-20(11-9-19)26-21-12-14-24(2)15-13-21/h4-11,21H,3,12-16H2,1-2H3,(H,23,25). The van der Waals surface area contributed by atoms with Crippen LogP contribution >= 0.6 is 0 Å². The van der Waals surface area contributed by atoms with E-state index in [9.17, 15) is 4.79 Å². The van der Waals surface area contributed by atoms with Crippen LogP contribution in [0, 0.1) is 0 Å². The van der Waals surface area contributed by atoms with Gasteiger partial charge in [0.25, 0.3) is 0 Å². The summed E-state index contributed by atoms with van der Waals surface area (Å²) in [6, 6.07) is 15.9. The summed E-state index contributed by atoms with van der Waals surface area (Å²) in [5.41, 5.74) is 3.12. The van der Waals surface area contributed by atoms with Crippen molar-refractivity contribution in [3.05, 3.63) is 59.7 Å². The molecule has 0 saturated carbocycles. The van der Waals surface area contributed by atoms with Crippen molar-refractivity contribution in [2.75, 3.05) is 25.5 Å². The molecule has 0 unspecified atom stereocenters. The fourth-order valence-corrected chi connectivity index (χ4v) is 3.20. The molecule has 1 aliphatic rings. The number of nitrogens with one attached hydrogen (secondary N) is 1. The van der Waals surface area contributed by atoms with Gasteiger partial charge in [-0.1, -0.05) is 31.2 Å². The number of rotatable bonds is 6. The highest BCUT2D eigenvalue weighted by atomic mass is 16.5. The molecule has 1 aliphatic heterocycles. The summed E-state index contributed by atoms with van der Waals surface area (Å²) in [6.45, 7) is 4.29. The van der Waals surface area contributed by atoms with Gasteiger partial charge in [0, 0.05) is 18.8 Å². The van der Waals surface area contributed by atoms with Crippen molar-refractivity contribution in [3.63, 3.8) is 0 Å². The Kier molecular flexibility index (Phi) is 6.29. The Labute approximate surface area is 156 Å². The van der Waals surface area contributed by atoms with Crippen LogP contribution in [-0.4, -0.2) is 37.0 Å². The second-order valence-electron chi connectivity index (χ2n) is 7.04. The average molecular weight is 352 g/mol. The molecule has 1 heterocycles. The van der Waals surface area contributed by atoms with E-state index in [0.29, 0.717) is 6.42 Å². The summed E-state index contributed by atoms with van der Waals surface area (Å²) >= 11 is 0. The molecule has 3 rings (SSSR count). The lowest BCUT2D eigenvalue weighted by atomic mass is 10.1. The largest absolute Gasteiger partial charge is 0.490 e. The van der Waals surface area contributed by atoms with Gasteiger partial charge in [0.1, 0.15) is 11.9 Å². The molecular weight excluding hydrogens is 324 g/mol. The summed E-state index contributed by atoms with van der Waals surface area (Å²) in [5.74, 6) is 0.867. The third-order valence-electron chi connectivity index (χ3n) is 4.90. The van der Waals surface area contributed by atoms with Crippen LogP contribution in [0.5, 0.6) is 5.75 Å². The number of amides is 1. The van der Waals surface area contributed by atoms with Crippen LogP contribution in [0.1, 0.15) is 30.9 Å². The molecule has 1 saturated heterocycles. The molecule has 0 aliphatic carbocycles. The average Bonchev–Trinajstić information content (AvgIpc) is 2.66. The minimum Gasteiger partial charge on any atom is -0.490 e. The van der Waals surface area contributed by atoms with Gasteiger partial charge in [0.15, 0.2) is 0 Å². The molecule has 0 spiro atoms. The maximum atomic E-state index is 12.2. The lowest BCUT2D eigenvalue weighted by Gasteiger charge is -2.29. The first-order valence-corrected chi connectivity index (χ1v) is 9.45. The first-order chi connectivity index (χ1) is 12.6. The number of anilines is 1. The second kappa shape index (κ2) is 8.86. The summed E-state index contributed by atoms with van der Waals surface area (Å²) < 4.78 is 6.04. The molecule has 0 bridgehead atoms. The minimum atomic E-state index is -0.00163. The van der Waals surface area contributed by atoms with Crippen LogP contribution in [0.25, 0.3) is 0 Å². The van der Waals surface area contributed by atoms with Crippen molar-refractivity contribution >= 4 is 11.6 Å². The van der Waals surface area contributed by atoms with Crippen molar-refractivity contribution in [3.8, 4) is 5.75 Å². The van der Waals surface area contributed by atoms with E-state index in [4.69, 9.17) is 4.74 Å². The van der Waals surface area contributed by atoms with E-state index < -0.39 is 0 Å². The van der Waals surface area contributed by atoms with Crippen LogP contribution in [0.15, 0.2) is 48.5 Å². The number of carbonyl (C=O) groups is 1. The first-order valence-electron chi connectivity index (χ1n) is 9.45. The molecule has 4 heteroatoms. The molecule has 2 aromatic carbocycles. The zero-order valence-electron chi connectivity index (χ0n) is 15.7. The molecular formula is C22H28N2O2. The molecule has 0 aromatic heterocycles. The van der Waals surface area contributed by atoms with Crippen molar-refractivity contribution in [2.24, 2.45) is 0 Å². The van der Waals surface area contributed by atoms with Gasteiger partial charge in [-0.05, 0) is 61.7 Å². The number of piperidine rings is 1. The maximum Gasteiger partial charge on any atom is 0.228 e. The van der Waals surface area contributed by atoms with E-state index in [-0.39, 0.29) is 12.0 Å². The molecule has 0 radical (unpaired) electrons. The van der Waals surface area contributed by atoms with Crippen molar-refractivity contribution in [2.45, 2.75) is 38.7 Å². The predicted octanol–water partition coefficient (Wildman–Crippen LogP) is 3.90. The molecule has 1 fully saturated rings. The Balaban J connectivity index is 1.49. The van der Waals surface area contributed by atoms with Crippen LogP contribution in [0.2, 0.25) is 0 Å². The summed E-state index contributed by atoms with van der Waals surface area (Å²) in [7, 11) is 2.14. The highest BCUT2D eigenvalue weighted by Gasteiger charge is 2.17. The van der Waals surface area contributed by atoms with Crippen molar-refractivity contribution in [1.29, 1.82) is 0 Å². The Morgan fingerprint density at radius 3 is 2.27 bits per heavy atom. The smallest absolute Gasteiger partial charge is 0.228 e. The van der Waals surface area contributed by atoms with Crippen LogP contribution < -0.4 is 10.1 Å². The van der Waals surface area contributed by atoms with E-state index in [1.165, 1.54) is 5.56 Å². The number of aryl methyl sites for hydroxylation is 1. The van der Waals surface area contributed by atoms with Gasteiger partial charge in [0.05, 0.1) is 6.42 Å². The Morgan fingerprint density at radius 2 is 1.65 bits per heavy atom. The quantitative estimate of drug-likeness (QED) is 0.857. The summed E-state index contributed by atoms with van der Waals surface area (Å²) in [4.78, 5) is 14.5. The number of nitrogens with zero attached hydrogens (tertiary/aromatic N) is 1. The Bertz CT molecular complexity index is 702. The monoisotopic (exact) mass is 352 g/mol. The molecule has 2 aromatic rings. The van der Waals surface area contributed by atoms with Gasteiger partial charge in [-0.15, -0.1) is 0 Å². The summed E-state index contributed by atoms with van der Waals surface area (Å²) in [5, 5.41) is 2.95. The van der Waals surface area contributed by atoms with Crippen molar-refractivity contribution < 1.29 is 9.53 Å². The minimum absolute atomic E-state index is 0.00163. The Morgan fingerprint density at radius 1 is 1.04 bits per heavy atom. The number of carbonyl (C=O) groups excluding carboxylic acids is 1. The second-order valence-corrected chi connectivity index (χ2v) is 7.04. The number of ether oxygens (including phenoxy) is 1. The SMILES string of the molecule is CCc1ccc(CC(=O)Nc2ccc(OC3CCN(C)CC3)cc2)cc1. The first kappa shape index (κ1) is 18.5. The molecule has 1 N–H and O–H groups in total. The zero-order chi connectivity index (χ0) is 18.4. The van der Waals surface area contributed by atoms with E-state index in [1.54, 1.807) is 0 Å². The fourth-order valence-electron chi connectivity index (χ4n) is 3.20. The third-order valence-corrected chi connectivity index (χ3v) is 4.90. The van der Waals surface area contributed by atoms with Crippen LogP contribution in [-0.2, 0) is 17.6 Å². The molecule has 0 atom stereocenters. The Hall–Kier alpha value is -2.33. The molecule has 26 heavy (non-hydrogen) atoms.